The number of anilines is 1. The molecule has 0 aromatic heterocycles. The van der Waals surface area contributed by atoms with Gasteiger partial charge in [-0.1, -0.05) is 30.3 Å². The van der Waals surface area contributed by atoms with E-state index in [1.54, 1.807) is 60.7 Å². The van der Waals surface area contributed by atoms with Gasteiger partial charge >= 0.3 is 5.97 Å². The van der Waals surface area contributed by atoms with Crippen LogP contribution in [0.1, 0.15) is 21.5 Å². The lowest BCUT2D eigenvalue weighted by molar-refractivity contribution is -0.122. The van der Waals surface area contributed by atoms with Crippen LogP contribution in [0.3, 0.4) is 0 Å². The predicted molar refractivity (Wildman–Crippen MR) is 133 cm³/mol. The molecule has 1 heterocycles. The van der Waals surface area contributed by atoms with Crippen molar-refractivity contribution in [3.63, 3.8) is 0 Å². The maximum atomic E-state index is 13.3. The van der Waals surface area contributed by atoms with Gasteiger partial charge in [0, 0.05) is 5.56 Å². The fourth-order valence-corrected chi connectivity index (χ4v) is 3.70. The van der Waals surface area contributed by atoms with E-state index in [1.807, 2.05) is 0 Å². The Balaban J connectivity index is 1.59. The summed E-state index contributed by atoms with van der Waals surface area (Å²) in [5, 5.41) is 11.6. The Kier molecular flexibility index (Phi) is 6.88. The lowest BCUT2D eigenvalue weighted by Gasteiger charge is -2.29. The number of aromatic carboxylic acids is 1. The molecule has 9 heteroatoms. The summed E-state index contributed by atoms with van der Waals surface area (Å²) < 4.78 is 11.1. The molecule has 0 atom stereocenters. The van der Waals surface area contributed by atoms with E-state index in [2.05, 4.69) is 5.32 Å². The van der Waals surface area contributed by atoms with Crippen LogP contribution in [0.4, 0.5) is 5.69 Å². The van der Waals surface area contributed by atoms with Crippen molar-refractivity contribution in [1.29, 1.82) is 0 Å². The van der Waals surface area contributed by atoms with E-state index in [-0.39, 0.29) is 22.9 Å². The van der Waals surface area contributed by atoms with Crippen LogP contribution in [0, 0.1) is 0 Å². The molecule has 0 radical (unpaired) electrons. The van der Waals surface area contributed by atoms with E-state index < -0.39 is 17.8 Å². The average Bonchev–Trinajstić information content (AvgIpc) is 2.86. The number of carboxylic acids is 1. The SMILES string of the molecule is COc1ccc(N2C(=O)C(=Cc3ccccc3OCc3ccc(C(=O)O)cc3)C(=O)NC2=S)cc1. The second-order valence-electron chi connectivity index (χ2n) is 7.48. The Hall–Kier alpha value is -4.50. The van der Waals surface area contributed by atoms with Gasteiger partial charge < -0.3 is 14.6 Å². The molecule has 1 aliphatic rings. The molecular weight excluding hydrogens is 468 g/mol. The number of hydrogen-bond acceptors (Lipinski definition) is 6. The van der Waals surface area contributed by atoms with Crippen LogP contribution in [0.25, 0.3) is 6.08 Å². The summed E-state index contributed by atoms with van der Waals surface area (Å²) in [4.78, 5) is 38.2. The standard InChI is InChI=1S/C26H20N2O6S/c1-33-20-12-10-19(11-13-20)28-24(30)21(23(29)27-26(28)35)14-18-4-2-3-5-22(18)34-15-16-6-8-17(9-7-16)25(31)32/h2-14H,15H2,1H3,(H,31,32)(H,27,29,35). The normalized spacial score (nSPS) is 14.6. The van der Waals surface area contributed by atoms with Gasteiger partial charge in [0.1, 0.15) is 23.7 Å². The number of carboxylic acid groups (broad SMARTS) is 1. The average molecular weight is 489 g/mol. The molecule has 8 nitrogen and oxygen atoms in total. The summed E-state index contributed by atoms with van der Waals surface area (Å²) in [6.07, 6.45) is 1.46. The third-order valence-corrected chi connectivity index (χ3v) is 5.53. The number of para-hydroxylation sites is 1. The number of nitrogens with zero attached hydrogens (tertiary/aromatic N) is 1. The van der Waals surface area contributed by atoms with Crippen molar-refractivity contribution in [3.05, 3.63) is 95.1 Å². The van der Waals surface area contributed by atoms with Crippen LogP contribution >= 0.6 is 12.2 Å². The second-order valence-corrected chi connectivity index (χ2v) is 7.87. The zero-order valence-electron chi connectivity index (χ0n) is 18.6. The molecule has 0 bridgehead atoms. The molecule has 0 aliphatic carbocycles. The van der Waals surface area contributed by atoms with Gasteiger partial charge in [-0.05, 0) is 66.3 Å². The van der Waals surface area contributed by atoms with Crippen LogP contribution in [0.15, 0.2) is 78.4 Å². The van der Waals surface area contributed by atoms with Crippen molar-refractivity contribution in [2.75, 3.05) is 12.0 Å². The zero-order chi connectivity index (χ0) is 24.9. The Labute approximate surface area is 206 Å². The van der Waals surface area contributed by atoms with Gasteiger partial charge in [-0.15, -0.1) is 0 Å². The number of thiocarbonyl (C=S) groups is 1. The number of carbonyl (C=O) groups is 3. The minimum absolute atomic E-state index is 0.0170. The Morgan fingerprint density at radius 1 is 1.03 bits per heavy atom. The number of nitrogens with one attached hydrogen (secondary N) is 1. The van der Waals surface area contributed by atoms with Gasteiger partial charge in [0.15, 0.2) is 5.11 Å². The quantitative estimate of drug-likeness (QED) is 0.296. The molecule has 1 aliphatic heterocycles. The number of methoxy groups -OCH3 is 1. The Morgan fingerprint density at radius 2 is 1.71 bits per heavy atom. The van der Waals surface area contributed by atoms with Crippen molar-refractivity contribution in [2.24, 2.45) is 0 Å². The van der Waals surface area contributed by atoms with Crippen molar-refractivity contribution in [3.8, 4) is 11.5 Å². The second kappa shape index (κ2) is 10.2. The van der Waals surface area contributed by atoms with Gasteiger partial charge in [0.05, 0.1) is 18.4 Å². The summed E-state index contributed by atoms with van der Waals surface area (Å²) in [6, 6.07) is 20.0. The molecule has 0 unspecified atom stereocenters. The van der Waals surface area contributed by atoms with Crippen LogP contribution < -0.4 is 19.7 Å². The summed E-state index contributed by atoms with van der Waals surface area (Å²) in [5.41, 5.74) is 1.85. The van der Waals surface area contributed by atoms with Crippen molar-refractivity contribution >= 4 is 46.9 Å². The Bertz CT molecular complexity index is 1330. The molecule has 4 rings (SSSR count). The van der Waals surface area contributed by atoms with E-state index in [0.29, 0.717) is 22.7 Å². The summed E-state index contributed by atoms with van der Waals surface area (Å²) in [7, 11) is 1.54. The first-order valence-corrected chi connectivity index (χ1v) is 10.9. The maximum Gasteiger partial charge on any atom is 0.335 e. The highest BCUT2D eigenvalue weighted by Crippen LogP contribution is 2.27. The molecule has 0 saturated carbocycles. The first kappa shape index (κ1) is 23.7. The van der Waals surface area contributed by atoms with Crippen LogP contribution in [0.2, 0.25) is 0 Å². The molecule has 3 aromatic rings. The van der Waals surface area contributed by atoms with Crippen molar-refractivity contribution in [1.82, 2.24) is 5.32 Å². The first-order valence-electron chi connectivity index (χ1n) is 10.5. The Morgan fingerprint density at radius 3 is 2.37 bits per heavy atom. The minimum atomic E-state index is -1.01. The molecule has 2 amide bonds. The van der Waals surface area contributed by atoms with E-state index in [9.17, 15) is 14.4 Å². The predicted octanol–water partition coefficient (Wildman–Crippen LogP) is 3.80. The number of benzene rings is 3. The molecule has 0 spiro atoms. The van der Waals surface area contributed by atoms with Crippen LogP contribution in [-0.2, 0) is 16.2 Å². The van der Waals surface area contributed by atoms with Crippen molar-refractivity contribution < 1.29 is 29.0 Å². The van der Waals surface area contributed by atoms with Crippen molar-refractivity contribution in [2.45, 2.75) is 6.61 Å². The monoisotopic (exact) mass is 488 g/mol. The number of rotatable bonds is 7. The van der Waals surface area contributed by atoms with E-state index in [4.69, 9.17) is 26.8 Å². The minimum Gasteiger partial charge on any atom is -0.497 e. The van der Waals surface area contributed by atoms with Crippen LogP contribution in [-0.4, -0.2) is 35.1 Å². The molecule has 35 heavy (non-hydrogen) atoms. The zero-order valence-corrected chi connectivity index (χ0v) is 19.4. The number of amides is 2. The highest BCUT2D eigenvalue weighted by Gasteiger charge is 2.34. The van der Waals surface area contributed by atoms with Gasteiger partial charge in [-0.2, -0.15) is 0 Å². The summed E-state index contributed by atoms with van der Waals surface area (Å²) in [6.45, 7) is 0.169. The van der Waals surface area contributed by atoms with E-state index in [0.717, 1.165) is 5.56 Å². The van der Waals surface area contributed by atoms with Crippen LogP contribution in [0.5, 0.6) is 11.5 Å². The number of hydrogen-bond donors (Lipinski definition) is 2. The van der Waals surface area contributed by atoms with Gasteiger partial charge in [-0.3, -0.25) is 19.8 Å². The topological polar surface area (TPSA) is 105 Å². The fraction of sp³-hybridized carbons (Fsp3) is 0.0769. The fourth-order valence-electron chi connectivity index (χ4n) is 3.41. The third kappa shape index (κ3) is 5.20. The molecule has 3 aromatic carbocycles. The molecule has 1 fully saturated rings. The highest BCUT2D eigenvalue weighted by molar-refractivity contribution is 7.80. The maximum absolute atomic E-state index is 13.3. The molecular formula is C26H20N2O6S. The molecule has 176 valence electrons. The van der Waals surface area contributed by atoms with Gasteiger partial charge in [-0.25, -0.2) is 4.79 Å². The smallest absolute Gasteiger partial charge is 0.335 e. The summed E-state index contributed by atoms with van der Waals surface area (Å²) in [5.74, 6) is -1.11. The van der Waals surface area contributed by atoms with E-state index >= 15 is 0 Å². The lowest BCUT2D eigenvalue weighted by atomic mass is 10.1. The number of carbonyl (C=O) groups excluding carboxylic acids is 2. The molecule has 1 saturated heterocycles. The first-order chi connectivity index (χ1) is 16.9. The van der Waals surface area contributed by atoms with E-state index in [1.165, 1.54) is 30.2 Å². The molecule has 2 N–H and O–H groups in total. The number of ether oxygens (including phenoxy) is 2. The lowest BCUT2D eigenvalue weighted by Crippen LogP contribution is -2.54. The van der Waals surface area contributed by atoms with Gasteiger partial charge in [0.2, 0.25) is 0 Å². The third-order valence-electron chi connectivity index (χ3n) is 5.25. The largest absolute Gasteiger partial charge is 0.497 e. The summed E-state index contributed by atoms with van der Waals surface area (Å²) >= 11 is 5.24. The highest BCUT2D eigenvalue weighted by atomic mass is 32.1. The van der Waals surface area contributed by atoms with Gasteiger partial charge in [0.25, 0.3) is 11.8 Å².